The number of aldehydes is 1. The van der Waals surface area contributed by atoms with Gasteiger partial charge in [0.05, 0.1) is 6.10 Å². The summed E-state index contributed by atoms with van der Waals surface area (Å²) in [6, 6.07) is 0. The van der Waals surface area contributed by atoms with E-state index in [2.05, 4.69) is 19.9 Å². The molecule has 122 valence electrons. The molecule has 4 aliphatic carbocycles. The first kappa shape index (κ1) is 14.9. The van der Waals surface area contributed by atoms with E-state index >= 15 is 0 Å². The molecular weight excluding hydrogens is 272 g/mol. The predicted octanol–water partition coefficient (Wildman–Crippen LogP) is 4.13. The molecule has 0 heterocycles. The fourth-order valence-electron chi connectivity index (χ4n) is 6.91. The highest BCUT2D eigenvalue weighted by Gasteiger charge is 2.58. The van der Waals surface area contributed by atoms with Gasteiger partial charge in [-0.05, 0) is 80.0 Å². The average Bonchev–Trinajstić information content (AvgIpc) is 2.84. The van der Waals surface area contributed by atoms with Gasteiger partial charge in [-0.15, -0.1) is 0 Å². The van der Waals surface area contributed by atoms with Gasteiger partial charge in [0.1, 0.15) is 6.29 Å². The average molecular weight is 302 g/mol. The van der Waals surface area contributed by atoms with Crippen LogP contribution in [0.2, 0.25) is 0 Å². The van der Waals surface area contributed by atoms with Crippen LogP contribution < -0.4 is 0 Å². The molecule has 4 aliphatic rings. The molecule has 7 atom stereocenters. The lowest BCUT2D eigenvalue weighted by Crippen LogP contribution is -2.50. The molecule has 0 saturated heterocycles. The zero-order valence-electron chi connectivity index (χ0n) is 14.1. The van der Waals surface area contributed by atoms with E-state index in [0.29, 0.717) is 11.3 Å². The number of hydrogen-bond acceptors (Lipinski definition) is 2. The molecule has 1 unspecified atom stereocenters. The first-order chi connectivity index (χ1) is 10.5. The van der Waals surface area contributed by atoms with Crippen molar-refractivity contribution in [3.8, 4) is 0 Å². The largest absolute Gasteiger partial charge is 0.393 e. The van der Waals surface area contributed by atoms with Crippen LogP contribution in [0, 0.1) is 34.5 Å². The zero-order valence-corrected chi connectivity index (χ0v) is 14.1. The van der Waals surface area contributed by atoms with Gasteiger partial charge in [0.25, 0.3) is 0 Å². The van der Waals surface area contributed by atoms with E-state index < -0.39 is 0 Å². The summed E-state index contributed by atoms with van der Waals surface area (Å²) in [5.41, 5.74) is 2.13. The number of fused-ring (bicyclic) bond motifs is 5. The Bertz CT molecular complexity index is 510. The molecule has 0 spiro atoms. The maximum absolute atomic E-state index is 11.5. The summed E-state index contributed by atoms with van der Waals surface area (Å²) in [6.45, 7) is 4.86. The third kappa shape index (κ3) is 1.85. The van der Waals surface area contributed by atoms with Gasteiger partial charge in [0.2, 0.25) is 0 Å². The molecule has 0 aliphatic heterocycles. The van der Waals surface area contributed by atoms with E-state index in [0.717, 1.165) is 43.4 Å². The van der Waals surface area contributed by atoms with Crippen LogP contribution in [-0.4, -0.2) is 17.5 Å². The van der Waals surface area contributed by atoms with Crippen LogP contribution in [0.1, 0.15) is 65.2 Å². The molecule has 1 N–H and O–H groups in total. The van der Waals surface area contributed by atoms with Gasteiger partial charge >= 0.3 is 0 Å². The molecule has 0 aromatic carbocycles. The molecule has 2 nitrogen and oxygen atoms in total. The molecule has 0 bridgehead atoms. The fourth-order valence-corrected chi connectivity index (χ4v) is 6.91. The minimum Gasteiger partial charge on any atom is -0.393 e. The number of aliphatic hydroxyl groups is 1. The Labute approximate surface area is 134 Å². The number of allylic oxidation sites excluding steroid dienone is 1. The van der Waals surface area contributed by atoms with Crippen LogP contribution in [0.15, 0.2) is 11.6 Å². The second-order valence-electron chi connectivity index (χ2n) is 9.02. The topological polar surface area (TPSA) is 37.3 Å². The predicted molar refractivity (Wildman–Crippen MR) is 87.3 cm³/mol. The van der Waals surface area contributed by atoms with Crippen molar-refractivity contribution >= 4 is 6.29 Å². The van der Waals surface area contributed by atoms with Crippen LogP contribution in [0.3, 0.4) is 0 Å². The first-order valence-corrected chi connectivity index (χ1v) is 9.32. The van der Waals surface area contributed by atoms with E-state index in [4.69, 9.17) is 0 Å². The summed E-state index contributed by atoms with van der Waals surface area (Å²) in [7, 11) is 0. The Balaban J connectivity index is 1.67. The maximum Gasteiger partial charge on any atom is 0.123 e. The molecule has 2 heteroatoms. The van der Waals surface area contributed by atoms with Crippen molar-refractivity contribution in [2.24, 2.45) is 34.5 Å². The van der Waals surface area contributed by atoms with Crippen LogP contribution in [0.4, 0.5) is 0 Å². The van der Waals surface area contributed by atoms with Crippen LogP contribution in [0.5, 0.6) is 0 Å². The fraction of sp³-hybridized carbons (Fsp3) is 0.850. The SMILES string of the molecule is C[C@]12CC[C@H](O)CC1=CC[C@@H]1[C@@H]2CC[C@]2(C)C(C=O)CC[C@@H]12. The van der Waals surface area contributed by atoms with Crippen molar-refractivity contribution in [3.05, 3.63) is 11.6 Å². The zero-order chi connectivity index (χ0) is 15.5. The van der Waals surface area contributed by atoms with Crippen molar-refractivity contribution in [1.29, 1.82) is 0 Å². The molecule has 22 heavy (non-hydrogen) atoms. The lowest BCUT2D eigenvalue weighted by molar-refractivity contribution is -0.117. The van der Waals surface area contributed by atoms with E-state index in [1.807, 2.05) is 0 Å². The third-order valence-corrected chi connectivity index (χ3v) is 8.32. The van der Waals surface area contributed by atoms with Crippen LogP contribution >= 0.6 is 0 Å². The smallest absolute Gasteiger partial charge is 0.123 e. The third-order valence-electron chi connectivity index (χ3n) is 8.32. The Morgan fingerprint density at radius 3 is 2.73 bits per heavy atom. The summed E-state index contributed by atoms with van der Waals surface area (Å²) in [4.78, 5) is 11.5. The van der Waals surface area contributed by atoms with Crippen molar-refractivity contribution in [3.63, 3.8) is 0 Å². The maximum atomic E-state index is 11.5. The first-order valence-electron chi connectivity index (χ1n) is 9.32. The molecule has 3 saturated carbocycles. The van der Waals surface area contributed by atoms with E-state index in [-0.39, 0.29) is 11.5 Å². The molecule has 0 amide bonds. The summed E-state index contributed by atoms with van der Waals surface area (Å²) >= 11 is 0. The number of carbonyl (C=O) groups is 1. The lowest BCUT2D eigenvalue weighted by atomic mass is 9.47. The minimum atomic E-state index is -0.115. The van der Waals surface area contributed by atoms with Gasteiger partial charge in [-0.1, -0.05) is 25.5 Å². The number of rotatable bonds is 1. The normalized spacial score (nSPS) is 54.0. The Hall–Kier alpha value is -0.630. The van der Waals surface area contributed by atoms with Crippen LogP contribution in [-0.2, 0) is 4.79 Å². The molecule has 4 rings (SSSR count). The highest BCUT2D eigenvalue weighted by molar-refractivity contribution is 5.56. The van der Waals surface area contributed by atoms with Crippen LogP contribution in [0.25, 0.3) is 0 Å². The highest BCUT2D eigenvalue weighted by atomic mass is 16.3. The molecule has 3 fully saturated rings. The molecular formula is C20H30O2. The van der Waals surface area contributed by atoms with Crippen molar-refractivity contribution in [2.75, 3.05) is 0 Å². The van der Waals surface area contributed by atoms with Crippen molar-refractivity contribution in [2.45, 2.75) is 71.3 Å². The van der Waals surface area contributed by atoms with Gasteiger partial charge in [-0.25, -0.2) is 0 Å². The lowest BCUT2D eigenvalue weighted by Gasteiger charge is -2.57. The molecule has 0 aromatic rings. The number of carbonyl (C=O) groups excluding carboxylic acids is 1. The van der Waals surface area contributed by atoms with Gasteiger partial charge in [0.15, 0.2) is 0 Å². The molecule has 0 aromatic heterocycles. The Morgan fingerprint density at radius 2 is 1.95 bits per heavy atom. The van der Waals surface area contributed by atoms with Crippen molar-refractivity contribution in [1.82, 2.24) is 0 Å². The standard InChI is InChI=1S/C20H30O2/c1-19-9-7-15(22)11-13(19)3-5-16-17-6-4-14(12-21)20(17,2)10-8-18(16)19/h3,12,14-18,22H,4-11H2,1-2H3/t14?,15-,16-,17-,18-,19-,20+/m0/s1. The Kier molecular flexibility index (Phi) is 3.35. The highest BCUT2D eigenvalue weighted by Crippen LogP contribution is 2.65. The summed E-state index contributed by atoms with van der Waals surface area (Å²) in [5, 5.41) is 10.0. The summed E-state index contributed by atoms with van der Waals surface area (Å²) in [5.74, 6) is 2.59. The van der Waals surface area contributed by atoms with Gasteiger partial charge in [0, 0.05) is 5.92 Å². The number of aliphatic hydroxyl groups excluding tert-OH is 1. The van der Waals surface area contributed by atoms with Gasteiger partial charge in [-0.2, -0.15) is 0 Å². The summed E-state index contributed by atoms with van der Waals surface area (Å²) < 4.78 is 0. The monoisotopic (exact) mass is 302 g/mol. The van der Waals surface area contributed by atoms with E-state index in [1.54, 1.807) is 5.57 Å². The van der Waals surface area contributed by atoms with E-state index in [9.17, 15) is 9.90 Å². The second-order valence-corrected chi connectivity index (χ2v) is 9.02. The van der Waals surface area contributed by atoms with Crippen molar-refractivity contribution < 1.29 is 9.90 Å². The van der Waals surface area contributed by atoms with Gasteiger partial charge in [-0.3, -0.25) is 0 Å². The second kappa shape index (κ2) is 4.93. The van der Waals surface area contributed by atoms with Gasteiger partial charge < -0.3 is 9.90 Å². The number of hydrogen-bond donors (Lipinski definition) is 1. The summed E-state index contributed by atoms with van der Waals surface area (Å²) in [6.07, 6.45) is 12.7. The molecule has 0 radical (unpaired) electrons. The van der Waals surface area contributed by atoms with E-state index in [1.165, 1.54) is 32.0 Å². The minimum absolute atomic E-state index is 0.115. The Morgan fingerprint density at radius 1 is 1.14 bits per heavy atom. The quantitative estimate of drug-likeness (QED) is 0.584.